The van der Waals surface area contributed by atoms with Gasteiger partial charge in [-0.05, 0) is 23.8 Å². The fraction of sp³-hybridized carbons (Fsp3) is 0.300. The normalized spacial score (nSPS) is 21.2. The quantitative estimate of drug-likeness (QED) is 0.811. The second-order valence-electron chi connectivity index (χ2n) is 6.51. The summed E-state index contributed by atoms with van der Waals surface area (Å²) in [7, 11) is 1.47. The number of carbonyl (C=O) groups excluding carboxylic acids is 2. The first-order valence-corrected chi connectivity index (χ1v) is 9.66. The summed E-state index contributed by atoms with van der Waals surface area (Å²) in [6.45, 7) is 0.671. The van der Waals surface area contributed by atoms with Crippen molar-refractivity contribution in [1.29, 1.82) is 0 Å². The van der Waals surface area contributed by atoms with Crippen molar-refractivity contribution >= 4 is 29.3 Å². The molecule has 0 bridgehead atoms. The summed E-state index contributed by atoms with van der Waals surface area (Å²) in [5, 5.41) is 0. The second kappa shape index (κ2) is 6.98. The monoisotopic (exact) mass is 386 g/mol. The van der Waals surface area contributed by atoms with E-state index in [1.54, 1.807) is 21.9 Å². The van der Waals surface area contributed by atoms with Gasteiger partial charge in [-0.3, -0.25) is 9.59 Å². The van der Waals surface area contributed by atoms with Gasteiger partial charge in [-0.2, -0.15) is 0 Å². The molecule has 0 aliphatic carbocycles. The Kier molecular flexibility index (Phi) is 4.65. The fourth-order valence-corrected chi connectivity index (χ4v) is 5.28. The van der Waals surface area contributed by atoms with Crippen LogP contribution < -0.4 is 4.90 Å². The van der Waals surface area contributed by atoms with Crippen molar-refractivity contribution in [1.82, 2.24) is 4.90 Å². The van der Waals surface area contributed by atoms with E-state index >= 15 is 0 Å². The van der Waals surface area contributed by atoms with E-state index in [0.717, 1.165) is 11.3 Å². The molecule has 0 unspecified atom stereocenters. The van der Waals surface area contributed by atoms with Crippen LogP contribution in [0.15, 0.2) is 48.5 Å². The number of amides is 2. The maximum Gasteiger partial charge on any atom is 0.268 e. The SMILES string of the molecule is COCC(=O)N1CCS[C@@]12C(=O)N(Cc1cccc(F)c1)c1ccccc12. The number of para-hydroxylation sites is 1. The molecule has 7 heteroatoms. The molecule has 2 aliphatic heterocycles. The van der Waals surface area contributed by atoms with Gasteiger partial charge in [0.25, 0.3) is 5.91 Å². The predicted octanol–water partition coefficient (Wildman–Crippen LogP) is 2.75. The third-order valence-corrected chi connectivity index (χ3v) is 6.32. The first-order valence-electron chi connectivity index (χ1n) is 8.67. The van der Waals surface area contributed by atoms with E-state index in [4.69, 9.17) is 4.74 Å². The van der Waals surface area contributed by atoms with Crippen molar-refractivity contribution in [3.63, 3.8) is 0 Å². The minimum atomic E-state index is -1.07. The summed E-state index contributed by atoms with van der Waals surface area (Å²) in [5.41, 5.74) is 2.27. The lowest BCUT2D eigenvalue weighted by Crippen LogP contribution is -2.51. The molecule has 1 atom stereocenters. The number of anilines is 1. The number of benzene rings is 2. The molecule has 0 radical (unpaired) electrons. The van der Waals surface area contributed by atoms with E-state index in [1.807, 2.05) is 24.3 Å². The smallest absolute Gasteiger partial charge is 0.268 e. The highest BCUT2D eigenvalue weighted by atomic mass is 32.2. The molecule has 1 saturated heterocycles. The molecule has 2 aromatic rings. The topological polar surface area (TPSA) is 49.9 Å². The van der Waals surface area contributed by atoms with Crippen LogP contribution in [0, 0.1) is 5.82 Å². The lowest BCUT2D eigenvalue weighted by molar-refractivity contribution is -0.143. The average molecular weight is 386 g/mol. The Bertz CT molecular complexity index is 906. The van der Waals surface area contributed by atoms with Gasteiger partial charge >= 0.3 is 0 Å². The Labute approximate surface area is 161 Å². The zero-order valence-electron chi connectivity index (χ0n) is 14.9. The molecular weight excluding hydrogens is 367 g/mol. The number of rotatable bonds is 4. The lowest BCUT2D eigenvalue weighted by Gasteiger charge is -2.33. The summed E-state index contributed by atoms with van der Waals surface area (Å²) in [6, 6.07) is 13.7. The molecule has 5 nitrogen and oxygen atoms in total. The van der Waals surface area contributed by atoms with E-state index < -0.39 is 4.87 Å². The van der Waals surface area contributed by atoms with Crippen LogP contribution in [-0.2, 0) is 25.7 Å². The number of hydrogen-bond acceptors (Lipinski definition) is 4. The Balaban J connectivity index is 1.77. The average Bonchev–Trinajstić information content (AvgIpc) is 3.20. The maximum absolute atomic E-state index is 13.6. The highest BCUT2D eigenvalue weighted by Crippen LogP contribution is 2.54. The zero-order valence-corrected chi connectivity index (χ0v) is 15.7. The van der Waals surface area contributed by atoms with Crippen molar-refractivity contribution in [2.45, 2.75) is 11.4 Å². The zero-order chi connectivity index (χ0) is 19.0. The third-order valence-electron chi connectivity index (χ3n) is 4.90. The van der Waals surface area contributed by atoms with Crippen molar-refractivity contribution in [3.05, 3.63) is 65.5 Å². The number of hydrogen-bond donors (Lipinski definition) is 0. The van der Waals surface area contributed by atoms with Gasteiger partial charge in [0, 0.05) is 25.0 Å². The Morgan fingerprint density at radius 3 is 2.85 bits per heavy atom. The number of carbonyl (C=O) groups is 2. The van der Waals surface area contributed by atoms with Crippen LogP contribution in [0.1, 0.15) is 11.1 Å². The van der Waals surface area contributed by atoms with Crippen molar-refractivity contribution in [2.75, 3.05) is 30.9 Å². The first-order chi connectivity index (χ1) is 13.1. The second-order valence-corrected chi connectivity index (χ2v) is 7.80. The van der Waals surface area contributed by atoms with Gasteiger partial charge in [0.15, 0.2) is 4.87 Å². The first kappa shape index (κ1) is 18.0. The summed E-state index contributed by atoms with van der Waals surface area (Å²) in [5.74, 6) is -0.0453. The van der Waals surface area contributed by atoms with Gasteiger partial charge in [0.1, 0.15) is 12.4 Å². The van der Waals surface area contributed by atoms with Crippen LogP contribution in [-0.4, -0.2) is 42.7 Å². The number of thioether (sulfide) groups is 1. The fourth-order valence-electron chi connectivity index (χ4n) is 3.80. The molecule has 0 N–H and O–H groups in total. The van der Waals surface area contributed by atoms with Crippen molar-refractivity contribution in [2.24, 2.45) is 0 Å². The van der Waals surface area contributed by atoms with Crippen LogP contribution in [0.4, 0.5) is 10.1 Å². The summed E-state index contributed by atoms with van der Waals surface area (Å²) in [4.78, 5) is 28.4. The minimum absolute atomic E-state index is 0.0678. The lowest BCUT2D eigenvalue weighted by atomic mass is 10.1. The van der Waals surface area contributed by atoms with Crippen molar-refractivity contribution in [3.8, 4) is 0 Å². The highest BCUT2D eigenvalue weighted by molar-refractivity contribution is 8.01. The van der Waals surface area contributed by atoms with Crippen LogP contribution in [0.5, 0.6) is 0 Å². The largest absolute Gasteiger partial charge is 0.375 e. The Hall–Kier alpha value is -2.38. The predicted molar refractivity (Wildman–Crippen MR) is 102 cm³/mol. The van der Waals surface area contributed by atoms with Gasteiger partial charge in [-0.15, -0.1) is 11.8 Å². The molecule has 1 spiro atoms. The summed E-state index contributed by atoms with van der Waals surface area (Å²) < 4.78 is 18.6. The van der Waals surface area contributed by atoms with Gasteiger partial charge in [-0.1, -0.05) is 30.3 Å². The Morgan fingerprint density at radius 2 is 2.07 bits per heavy atom. The van der Waals surface area contributed by atoms with E-state index in [-0.39, 0.29) is 30.8 Å². The molecule has 2 aromatic carbocycles. The van der Waals surface area contributed by atoms with E-state index in [0.29, 0.717) is 17.9 Å². The molecule has 27 heavy (non-hydrogen) atoms. The third kappa shape index (κ3) is 2.82. The number of ether oxygens (including phenoxy) is 1. The molecular formula is C20H19FN2O3S. The van der Waals surface area contributed by atoms with Gasteiger partial charge in [0.05, 0.1) is 12.2 Å². The van der Waals surface area contributed by atoms with Crippen molar-refractivity contribution < 1.29 is 18.7 Å². The standard InChI is InChI=1S/C20H19FN2O3S/c1-26-13-18(24)23-9-10-27-20(23)16-7-2-3-8-17(16)22(19(20)25)12-14-5-4-6-15(21)11-14/h2-8,11H,9-10,12-13H2,1H3/t20-/m0/s1. The number of halogens is 1. The van der Waals surface area contributed by atoms with Gasteiger partial charge < -0.3 is 14.5 Å². The number of fused-ring (bicyclic) bond motifs is 2. The van der Waals surface area contributed by atoms with Gasteiger partial charge in [0.2, 0.25) is 5.91 Å². The molecule has 1 fully saturated rings. The van der Waals surface area contributed by atoms with E-state index in [2.05, 4.69) is 0 Å². The van der Waals surface area contributed by atoms with Crippen LogP contribution in [0.3, 0.4) is 0 Å². The Morgan fingerprint density at radius 1 is 1.26 bits per heavy atom. The maximum atomic E-state index is 13.6. The van der Waals surface area contributed by atoms with Gasteiger partial charge in [-0.25, -0.2) is 4.39 Å². The molecule has 4 rings (SSSR count). The van der Waals surface area contributed by atoms with Crippen LogP contribution in [0.2, 0.25) is 0 Å². The molecule has 2 amide bonds. The van der Waals surface area contributed by atoms with E-state index in [1.165, 1.54) is 31.0 Å². The molecule has 140 valence electrons. The number of methoxy groups -OCH3 is 1. The van der Waals surface area contributed by atoms with E-state index in [9.17, 15) is 14.0 Å². The summed E-state index contributed by atoms with van der Waals surface area (Å²) in [6.07, 6.45) is 0. The molecule has 2 aliphatic rings. The summed E-state index contributed by atoms with van der Waals surface area (Å²) >= 11 is 1.47. The molecule has 2 heterocycles. The number of nitrogens with zero attached hydrogens (tertiary/aromatic N) is 2. The van der Waals surface area contributed by atoms with Crippen LogP contribution >= 0.6 is 11.8 Å². The van der Waals surface area contributed by atoms with Crippen LogP contribution in [0.25, 0.3) is 0 Å². The highest BCUT2D eigenvalue weighted by Gasteiger charge is 2.59. The molecule has 0 saturated carbocycles. The molecule has 0 aromatic heterocycles. The minimum Gasteiger partial charge on any atom is -0.375 e.